The topological polar surface area (TPSA) is 52.6 Å². The summed E-state index contributed by atoms with van der Waals surface area (Å²) in [6.45, 7) is 15.2. The van der Waals surface area contributed by atoms with Crippen LogP contribution in [0.2, 0.25) is 0 Å². The van der Waals surface area contributed by atoms with Crippen molar-refractivity contribution in [1.82, 2.24) is 20.5 Å². The van der Waals surface area contributed by atoms with Crippen LogP contribution in [0, 0.1) is 19.8 Å². The molecule has 1 aliphatic rings. The number of guanidine groups is 1. The Hall–Kier alpha value is -1.14. The van der Waals surface area contributed by atoms with E-state index in [-0.39, 0.29) is 5.54 Å². The van der Waals surface area contributed by atoms with Gasteiger partial charge < -0.3 is 10.6 Å². The molecular weight excluding hydrogens is 318 g/mol. The summed E-state index contributed by atoms with van der Waals surface area (Å²) >= 11 is 1.75. The van der Waals surface area contributed by atoms with Crippen molar-refractivity contribution in [2.75, 3.05) is 26.7 Å². The van der Waals surface area contributed by atoms with E-state index in [0.29, 0.717) is 0 Å². The lowest BCUT2D eigenvalue weighted by Crippen LogP contribution is -2.55. The van der Waals surface area contributed by atoms with Crippen molar-refractivity contribution in [3.63, 3.8) is 0 Å². The molecule has 5 nitrogen and oxygen atoms in total. The van der Waals surface area contributed by atoms with Crippen LogP contribution < -0.4 is 10.6 Å². The third kappa shape index (κ3) is 5.18. The second-order valence-corrected chi connectivity index (χ2v) is 8.82. The van der Waals surface area contributed by atoms with Crippen LogP contribution in [-0.4, -0.2) is 48.1 Å². The summed E-state index contributed by atoms with van der Waals surface area (Å²) in [5.41, 5.74) is 1.25. The minimum Gasteiger partial charge on any atom is -0.355 e. The zero-order chi connectivity index (χ0) is 17.7. The second-order valence-electron chi connectivity index (χ2n) is 7.53. The van der Waals surface area contributed by atoms with Gasteiger partial charge in [-0.25, -0.2) is 4.98 Å². The Morgan fingerprint density at radius 1 is 1.38 bits per heavy atom. The summed E-state index contributed by atoms with van der Waals surface area (Å²) in [4.78, 5) is 12.8. The van der Waals surface area contributed by atoms with Gasteiger partial charge in [0.15, 0.2) is 5.96 Å². The Morgan fingerprint density at radius 3 is 2.71 bits per heavy atom. The molecule has 0 bridgehead atoms. The van der Waals surface area contributed by atoms with Gasteiger partial charge in [-0.05, 0) is 53.0 Å². The molecule has 1 aromatic heterocycles. The molecule has 2 heterocycles. The highest BCUT2D eigenvalue weighted by molar-refractivity contribution is 7.11. The molecule has 1 aliphatic heterocycles. The first-order valence-electron chi connectivity index (χ1n) is 8.94. The fourth-order valence-electron chi connectivity index (χ4n) is 3.15. The molecule has 2 rings (SSSR count). The average Bonchev–Trinajstić information content (AvgIpc) is 2.86. The minimum atomic E-state index is 0.126. The normalized spacial score (nSPS) is 20.2. The lowest BCUT2D eigenvalue weighted by atomic mass is 9.93. The van der Waals surface area contributed by atoms with Gasteiger partial charge in [0.2, 0.25) is 0 Å². The molecule has 2 N–H and O–H groups in total. The molecule has 1 fully saturated rings. The van der Waals surface area contributed by atoms with Gasteiger partial charge in [-0.3, -0.25) is 9.89 Å². The number of aryl methyl sites for hydroxylation is 2. The van der Waals surface area contributed by atoms with Gasteiger partial charge in [0.1, 0.15) is 5.01 Å². The summed E-state index contributed by atoms with van der Waals surface area (Å²) in [5.74, 6) is 1.64. The molecule has 6 heteroatoms. The van der Waals surface area contributed by atoms with E-state index in [1.54, 1.807) is 11.3 Å². The van der Waals surface area contributed by atoms with Crippen molar-refractivity contribution in [2.45, 2.75) is 59.5 Å². The molecular formula is C18H33N5S. The minimum absolute atomic E-state index is 0.126. The number of piperidine rings is 1. The van der Waals surface area contributed by atoms with Crippen LogP contribution in [0.1, 0.15) is 49.2 Å². The molecule has 0 saturated carbocycles. The number of rotatable bonds is 5. The SMILES string of the molecule is CN=C(NCc1nc(C)c(C)s1)NCC(C)(C)N1CCCC(C)C1. The van der Waals surface area contributed by atoms with Gasteiger partial charge in [0.25, 0.3) is 0 Å². The first-order chi connectivity index (χ1) is 11.3. The Morgan fingerprint density at radius 2 is 2.12 bits per heavy atom. The molecule has 0 amide bonds. The van der Waals surface area contributed by atoms with Gasteiger partial charge in [-0.2, -0.15) is 0 Å². The highest BCUT2D eigenvalue weighted by atomic mass is 32.1. The Labute approximate surface area is 151 Å². The maximum absolute atomic E-state index is 4.57. The third-order valence-electron chi connectivity index (χ3n) is 4.91. The van der Waals surface area contributed by atoms with Crippen molar-refractivity contribution >= 4 is 17.3 Å². The van der Waals surface area contributed by atoms with Gasteiger partial charge in [-0.1, -0.05) is 6.92 Å². The van der Waals surface area contributed by atoms with Crippen LogP contribution in [0.5, 0.6) is 0 Å². The number of aromatic nitrogens is 1. The van der Waals surface area contributed by atoms with Crippen molar-refractivity contribution in [3.8, 4) is 0 Å². The lowest BCUT2D eigenvalue weighted by Gasteiger charge is -2.43. The molecule has 0 aliphatic carbocycles. The van der Waals surface area contributed by atoms with E-state index in [1.807, 2.05) is 7.05 Å². The lowest BCUT2D eigenvalue weighted by molar-refractivity contribution is 0.0739. The maximum Gasteiger partial charge on any atom is 0.191 e. The number of aliphatic imine (C=N–C) groups is 1. The number of hydrogen-bond donors (Lipinski definition) is 2. The number of hydrogen-bond acceptors (Lipinski definition) is 4. The third-order valence-corrected chi connectivity index (χ3v) is 5.98. The summed E-state index contributed by atoms with van der Waals surface area (Å²) in [6.07, 6.45) is 2.66. The molecule has 0 aromatic carbocycles. The summed E-state index contributed by atoms with van der Waals surface area (Å²) in [6, 6.07) is 0. The molecule has 0 spiro atoms. The van der Waals surface area contributed by atoms with Crippen LogP contribution in [0.3, 0.4) is 0 Å². The van der Waals surface area contributed by atoms with Crippen molar-refractivity contribution in [3.05, 3.63) is 15.6 Å². The molecule has 24 heavy (non-hydrogen) atoms. The highest BCUT2D eigenvalue weighted by Crippen LogP contribution is 2.23. The van der Waals surface area contributed by atoms with Crippen molar-refractivity contribution < 1.29 is 0 Å². The highest BCUT2D eigenvalue weighted by Gasteiger charge is 2.30. The van der Waals surface area contributed by atoms with Crippen LogP contribution >= 0.6 is 11.3 Å². The van der Waals surface area contributed by atoms with E-state index >= 15 is 0 Å². The molecule has 1 saturated heterocycles. The van der Waals surface area contributed by atoms with Gasteiger partial charge >= 0.3 is 0 Å². The zero-order valence-corrected chi connectivity index (χ0v) is 16.9. The van der Waals surface area contributed by atoms with E-state index in [4.69, 9.17) is 0 Å². The molecule has 1 aromatic rings. The Bertz CT molecular complexity index is 544. The number of nitrogens with one attached hydrogen (secondary N) is 2. The Balaban J connectivity index is 1.83. The predicted octanol–water partition coefficient (Wildman–Crippen LogP) is 2.94. The summed E-state index contributed by atoms with van der Waals surface area (Å²) in [7, 11) is 1.82. The van der Waals surface area contributed by atoms with Crippen LogP contribution in [0.15, 0.2) is 4.99 Å². The van der Waals surface area contributed by atoms with Crippen LogP contribution in [-0.2, 0) is 6.54 Å². The van der Waals surface area contributed by atoms with Gasteiger partial charge in [0, 0.05) is 30.6 Å². The van der Waals surface area contributed by atoms with E-state index in [0.717, 1.165) is 35.7 Å². The fourth-order valence-corrected chi connectivity index (χ4v) is 4.02. The van der Waals surface area contributed by atoms with Crippen LogP contribution in [0.4, 0.5) is 0 Å². The molecule has 1 unspecified atom stereocenters. The smallest absolute Gasteiger partial charge is 0.191 e. The quantitative estimate of drug-likeness (QED) is 0.633. The number of nitrogens with zero attached hydrogens (tertiary/aromatic N) is 3. The van der Waals surface area contributed by atoms with E-state index in [2.05, 4.69) is 60.1 Å². The zero-order valence-electron chi connectivity index (χ0n) is 16.1. The van der Waals surface area contributed by atoms with E-state index < -0.39 is 0 Å². The fraction of sp³-hybridized carbons (Fsp3) is 0.778. The van der Waals surface area contributed by atoms with E-state index in [9.17, 15) is 0 Å². The Kier molecular flexibility index (Phi) is 6.63. The standard InChI is InChI=1S/C18H33N5S/c1-13-8-7-9-23(11-13)18(4,5)12-21-17(19-6)20-10-16-22-14(2)15(3)24-16/h13H,7-12H2,1-6H3,(H2,19,20,21). The summed E-state index contributed by atoms with van der Waals surface area (Å²) < 4.78 is 0. The largest absolute Gasteiger partial charge is 0.355 e. The average molecular weight is 352 g/mol. The number of likely N-dealkylation sites (tertiary alicyclic amines) is 1. The first-order valence-corrected chi connectivity index (χ1v) is 9.76. The molecule has 1 atom stereocenters. The monoisotopic (exact) mass is 351 g/mol. The van der Waals surface area contributed by atoms with Crippen LogP contribution in [0.25, 0.3) is 0 Å². The maximum atomic E-state index is 4.57. The van der Waals surface area contributed by atoms with Gasteiger partial charge in [0.05, 0.1) is 12.2 Å². The van der Waals surface area contributed by atoms with E-state index in [1.165, 1.54) is 30.8 Å². The molecule has 136 valence electrons. The van der Waals surface area contributed by atoms with Crippen molar-refractivity contribution in [2.24, 2.45) is 10.9 Å². The summed E-state index contributed by atoms with van der Waals surface area (Å²) in [5, 5.41) is 7.97. The second kappa shape index (κ2) is 8.30. The number of thiazole rings is 1. The van der Waals surface area contributed by atoms with Crippen molar-refractivity contribution in [1.29, 1.82) is 0 Å². The predicted molar refractivity (Wildman–Crippen MR) is 104 cm³/mol. The first kappa shape index (κ1) is 19.2. The molecule has 0 radical (unpaired) electrons. The van der Waals surface area contributed by atoms with Gasteiger partial charge in [-0.15, -0.1) is 11.3 Å².